The zero-order valence-electron chi connectivity index (χ0n) is 17.3. The number of carbonyl (C=O) groups is 2. The van der Waals surface area contributed by atoms with E-state index in [2.05, 4.69) is 21.2 Å². The van der Waals surface area contributed by atoms with Gasteiger partial charge in [-0.15, -0.1) is 0 Å². The monoisotopic (exact) mass is 407 g/mol. The molecule has 2 aliphatic rings. The van der Waals surface area contributed by atoms with Crippen molar-refractivity contribution in [1.29, 1.82) is 0 Å². The lowest BCUT2D eigenvalue weighted by molar-refractivity contribution is -0.137. The third-order valence-corrected chi connectivity index (χ3v) is 6.00. The maximum Gasteiger partial charge on any atom is 0.241 e. The number of piperidine rings is 1. The molecule has 2 aromatic rings. The summed E-state index contributed by atoms with van der Waals surface area (Å²) in [4.78, 5) is 31.6. The SMILES string of the molecule is Cc1ccc(CNC(=O)C2CCCN(C(=O)C3CC(c4ccncc4)NN3)C2)cc1. The fourth-order valence-corrected chi connectivity index (χ4v) is 4.18. The van der Waals surface area contributed by atoms with Gasteiger partial charge < -0.3 is 10.2 Å². The molecule has 0 saturated carbocycles. The Morgan fingerprint density at radius 2 is 1.90 bits per heavy atom. The highest BCUT2D eigenvalue weighted by atomic mass is 16.2. The molecule has 1 aromatic carbocycles. The maximum absolute atomic E-state index is 13.0. The van der Waals surface area contributed by atoms with Gasteiger partial charge >= 0.3 is 0 Å². The Bertz CT molecular complexity index is 871. The van der Waals surface area contributed by atoms with Gasteiger partial charge in [-0.25, -0.2) is 10.9 Å². The van der Waals surface area contributed by atoms with Crippen molar-refractivity contribution in [3.8, 4) is 0 Å². The third-order valence-electron chi connectivity index (χ3n) is 6.00. The van der Waals surface area contributed by atoms with E-state index in [1.165, 1.54) is 5.56 Å². The highest BCUT2D eigenvalue weighted by molar-refractivity contribution is 5.84. The van der Waals surface area contributed by atoms with E-state index >= 15 is 0 Å². The van der Waals surface area contributed by atoms with Gasteiger partial charge in [0, 0.05) is 38.1 Å². The van der Waals surface area contributed by atoms with Gasteiger partial charge in [-0.2, -0.15) is 0 Å². The molecule has 3 heterocycles. The number of aryl methyl sites for hydroxylation is 1. The molecular weight excluding hydrogens is 378 g/mol. The Balaban J connectivity index is 1.29. The molecule has 2 amide bonds. The normalized spacial score (nSPS) is 23.9. The number of aromatic nitrogens is 1. The van der Waals surface area contributed by atoms with Gasteiger partial charge in [0.05, 0.1) is 5.92 Å². The molecule has 2 saturated heterocycles. The smallest absolute Gasteiger partial charge is 0.241 e. The second kappa shape index (κ2) is 9.36. The first-order valence-electron chi connectivity index (χ1n) is 10.6. The van der Waals surface area contributed by atoms with Gasteiger partial charge in [-0.05, 0) is 49.4 Å². The first kappa shape index (κ1) is 20.5. The maximum atomic E-state index is 13.0. The van der Waals surface area contributed by atoms with Crippen molar-refractivity contribution in [3.05, 3.63) is 65.5 Å². The molecule has 0 aliphatic carbocycles. The van der Waals surface area contributed by atoms with Crippen molar-refractivity contribution in [3.63, 3.8) is 0 Å². The third kappa shape index (κ3) is 4.86. The van der Waals surface area contributed by atoms with E-state index in [-0.39, 0.29) is 29.8 Å². The van der Waals surface area contributed by atoms with Gasteiger partial charge in [0.15, 0.2) is 0 Å². The molecule has 3 atom stereocenters. The summed E-state index contributed by atoms with van der Waals surface area (Å²) in [5, 5.41) is 3.03. The molecule has 158 valence electrons. The van der Waals surface area contributed by atoms with Crippen LogP contribution in [-0.2, 0) is 16.1 Å². The summed E-state index contributed by atoms with van der Waals surface area (Å²) in [7, 11) is 0. The minimum atomic E-state index is -0.280. The van der Waals surface area contributed by atoms with Crippen LogP contribution >= 0.6 is 0 Å². The first-order valence-corrected chi connectivity index (χ1v) is 10.6. The number of amides is 2. The van der Waals surface area contributed by atoms with Crippen LogP contribution in [0.15, 0.2) is 48.8 Å². The van der Waals surface area contributed by atoms with Crippen LogP contribution < -0.4 is 16.2 Å². The number of hydrogen-bond acceptors (Lipinski definition) is 5. The minimum Gasteiger partial charge on any atom is -0.352 e. The summed E-state index contributed by atoms with van der Waals surface area (Å²) in [5.74, 6) is -0.0613. The van der Waals surface area contributed by atoms with Crippen LogP contribution in [0.4, 0.5) is 0 Å². The number of benzene rings is 1. The quantitative estimate of drug-likeness (QED) is 0.704. The number of nitrogens with zero attached hydrogens (tertiary/aromatic N) is 2. The molecule has 0 spiro atoms. The molecule has 7 heteroatoms. The lowest BCUT2D eigenvalue weighted by Crippen LogP contribution is -2.51. The number of likely N-dealkylation sites (tertiary alicyclic amines) is 1. The molecule has 1 aromatic heterocycles. The van der Waals surface area contributed by atoms with Crippen molar-refractivity contribution < 1.29 is 9.59 Å². The zero-order chi connectivity index (χ0) is 20.9. The summed E-state index contributed by atoms with van der Waals surface area (Å²) >= 11 is 0. The second-order valence-electron chi connectivity index (χ2n) is 8.24. The summed E-state index contributed by atoms with van der Waals surface area (Å²) in [6, 6.07) is 11.9. The van der Waals surface area contributed by atoms with Crippen LogP contribution in [0.5, 0.6) is 0 Å². The van der Waals surface area contributed by atoms with Crippen molar-refractivity contribution >= 4 is 11.8 Å². The van der Waals surface area contributed by atoms with Crippen LogP contribution in [0.2, 0.25) is 0 Å². The fraction of sp³-hybridized carbons (Fsp3) is 0.435. The van der Waals surface area contributed by atoms with E-state index in [1.54, 1.807) is 12.4 Å². The van der Waals surface area contributed by atoms with E-state index in [1.807, 2.05) is 48.2 Å². The summed E-state index contributed by atoms with van der Waals surface area (Å²) in [6.07, 6.45) is 5.87. The molecule has 2 aliphatic heterocycles. The number of hydrazine groups is 1. The Hall–Kier alpha value is -2.77. The topological polar surface area (TPSA) is 86.4 Å². The molecule has 3 unspecified atom stereocenters. The Kier molecular flexibility index (Phi) is 6.40. The minimum absolute atomic E-state index is 0.0280. The van der Waals surface area contributed by atoms with E-state index in [0.717, 1.165) is 24.0 Å². The second-order valence-corrected chi connectivity index (χ2v) is 8.24. The van der Waals surface area contributed by atoms with Gasteiger partial charge in [-0.1, -0.05) is 29.8 Å². The lowest BCUT2D eigenvalue weighted by Gasteiger charge is -2.33. The molecule has 3 N–H and O–H groups in total. The molecule has 7 nitrogen and oxygen atoms in total. The predicted molar refractivity (Wildman–Crippen MR) is 114 cm³/mol. The molecule has 0 radical (unpaired) electrons. The average Bonchev–Trinajstić information content (AvgIpc) is 3.29. The summed E-state index contributed by atoms with van der Waals surface area (Å²) in [5.41, 5.74) is 9.75. The molecule has 4 rings (SSSR count). The number of nitrogens with one attached hydrogen (secondary N) is 3. The summed E-state index contributed by atoms with van der Waals surface area (Å²) < 4.78 is 0. The van der Waals surface area contributed by atoms with Crippen molar-refractivity contribution in [2.45, 2.75) is 44.8 Å². The molecule has 2 fully saturated rings. The van der Waals surface area contributed by atoms with Gasteiger partial charge in [0.25, 0.3) is 0 Å². The fourth-order valence-electron chi connectivity index (χ4n) is 4.18. The highest BCUT2D eigenvalue weighted by Gasteiger charge is 2.36. The van der Waals surface area contributed by atoms with Crippen molar-refractivity contribution in [2.75, 3.05) is 13.1 Å². The van der Waals surface area contributed by atoms with E-state index in [0.29, 0.717) is 26.1 Å². The number of rotatable bonds is 5. The lowest BCUT2D eigenvalue weighted by atomic mass is 9.95. The van der Waals surface area contributed by atoms with Crippen molar-refractivity contribution in [2.24, 2.45) is 5.92 Å². The van der Waals surface area contributed by atoms with Crippen LogP contribution in [0.1, 0.15) is 42.0 Å². The molecule has 30 heavy (non-hydrogen) atoms. The number of pyridine rings is 1. The Labute approximate surface area is 177 Å². The van der Waals surface area contributed by atoms with Crippen molar-refractivity contribution in [1.82, 2.24) is 26.1 Å². The van der Waals surface area contributed by atoms with Crippen LogP contribution in [-0.4, -0.2) is 40.8 Å². The van der Waals surface area contributed by atoms with Gasteiger partial charge in [-0.3, -0.25) is 14.6 Å². The average molecular weight is 408 g/mol. The van der Waals surface area contributed by atoms with E-state index < -0.39 is 0 Å². The standard InChI is InChI=1S/C23H29N5O2/c1-16-4-6-17(7-5-16)14-25-22(29)19-3-2-12-28(15-19)23(30)21-13-20(26-27-21)18-8-10-24-11-9-18/h4-11,19-21,26-27H,2-3,12-15H2,1H3,(H,25,29). The van der Waals surface area contributed by atoms with Crippen LogP contribution in [0, 0.1) is 12.8 Å². The summed E-state index contributed by atoms with van der Waals surface area (Å²) in [6.45, 7) is 3.75. The first-order chi connectivity index (χ1) is 14.6. The van der Waals surface area contributed by atoms with Crippen LogP contribution in [0.25, 0.3) is 0 Å². The molecular formula is C23H29N5O2. The molecule has 0 bridgehead atoms. The van der Waals surface area contributed by atoms with Crippen LogP contribution in [0.3, 0.4) is 0 Å². The van der Waals surface area contributed by atoms with Gasteiger partial charge in [0.2, 0.25) is 11.8 Å². The number of hydrogen-bond donors (Lipinski definition) is 3. The number of carbonyl (C=O) groups excluding carboxylic acids is 2. The Morgan fingerprint density at radius 1 is 1.13 bits per heavy atom. The predicted octanol–water partition coefficient (Wildman–Crippen LogP) is 1.85. The van der Waals surface area contributed by atoms with E-state index in [9.17, 15) is 9.59 Å². The Morgan fingerprint density at radius 3 is 2.67 bits per heavy atom. The highest BCUT2D eigenvalue weighted by Crippen LogP contribution is 2.24. The van der Waals surface area contributed by atoms with E-state index in [4.69, 9.17) is 0 Å². The zero-order valence-corrected chi connectivity index (χ0v) is 17.3. The largest absolute Gasteiger partial charge is 0.352 e. The van der Waals surface area contributed by atoms with Gasteiger partial charge in [0.1, 0.15) is 6.04 Å².